The molecule has 0 bridgehead atoms. The maximum absolute atomic E-state index is 12.2. The summed E-state index contributed by atoms with van der Waals surface area (Å²) in [6, 6.07) is 5.58. The maximum atomic E-state index is 12.2. The van der Waals surface area contributed by atoms with E-state index in [1.54, 1.807) is 11.9 Å². The van der Waals surface area contributed by atoms with Gasteiger partial charge in [0.1, 0.15) is 4.99 Å². The molecule has 0 aliphatic rings. The lowest BCUT2D eigenvalue weighted by Gasteiger charge is -2.17. The molecule has 5 heteroatoms. The summed E-state index contributed by atoms with van der Waals surface area (Å²) in [5.74, 6) is 0. The molecule has 0 radical (unpaired) electrons. The first-order chi connectivity index (χ1) is 7.90. The largest absolute Gasteiger partial charge is 0.389 e. The van der Waals surface area contributed by atoms with Crippen LogP contribution in [0.25, 0.3) is 0 Å². The van der Waals surface area contributed by atoms with Gasteiger partial charge in [0.25, 0.3) is 6.43 Å². The highest BCUT2D eigenvalue weighted by atomic mass is 32.1. The first-order valence-electron chi connectivity index (χ1n) is 5.26. The van der Waals surface area contributed by atoms with E-state index in [4.69, 9.17) is 18.0 Å². The van der Waals surface area contributed by atoms with Crippen molar-refractivity contribution in [1.82, 2.24) is 4.90 Å². The maximum Gasteiger partial charge on any atom is 0.251 e. The molecular formula is C12H16F2N2S. The molecule has 2 nitrogen and oxygen atoms in total. The van der Waals surface area contributed by atoms with Crippen molar-refractivity contribution in [2.75, 3.05) is 13.6 Å². The van der Waals surface area contributed by atoms with E-state index in [1.807, 2.05) is 25.1 Å². The molecule has 0 heterocycles. The van der Waals surface area contributed by atoms with E-state index >= 15 is 0 Å². The molecule has 0 unspecified atom stereocenters. The first kappa shape index (κ1) is 14.0. The van der Waals surface area contributed by atoms with Crippen LogP contribution in [0.4, 0.5) is 8.78 Å². The summed E-state index contributed by atoms with van der Waals surface area (Å²) in [5.41, 5.74) is 8.34. The van der Waals surface area contributed by atoms with E-state index in [-0.39, 0.29) is 6.54 Å². The zero-order chi connectivity index (χ0) is 13.0. The SMILES string of the molecule is Cc1cc(C(N)=S)ccc1CN(C)CC(F)F. The van der Waals surface area contributed by atoms with Crippen LogP contribution in [0.15, 0.2) is 18.2 Å². The van der Waals surface area contributed by atoms with Crippen molar-refractivity contribution in [3.63, 3.8) is 0 Å². The van der Waals surface area contributed by atoms with E-state index < -0.39 is 6.43 Å². The Labute approximate surface area is 105 Å². The second-order valence-electron chi connectivity index (χ2n) is 4.09. The van der Waals surface area contributed by atoms with Gasteiger partial charge in [-0.05, 0) is 31.2 Å². The molecule has 17 heavy (non-hydrogen) atoms. The van der Waals surface area contributed by atoms with Gasteiger partial charge in [0.2, 0.25) is 0 Å². The molecule has 0 aliphatic heterocycles. The van der Waals surface area contributed by atoms with E-state index in [9.17, 15) is 8.78 Å². The Balaban J connectivity index is 2.75. The van der Waals surface area contributed by atoms with Crippen LogP contribution in [0.3, 0.4) is 0 Å². The predicted molar refractivity (Wildman–Crippen MR) is 69.4 cm³/mol. The zero-order valence-electron chi connectivity index (χ0n) is 9.91. The lowest BCUT2D eigenvalue weighted by molar-refractivity contribution is 0.0975. The summed E-state index contributed by atoms with van der Waals surface area (Å²) >= 11 is 4.88. The third-order valence-corrected chi connectivity index (χ3v) is 2.75. The molecule has 2 N–H and O–H groups in total. The van der Waals surface area contributed by atoms with Crippen molar-refractivity contribution in [1.29, 1.82) is 0 Å². The summed E-state index contributed by atoms with van der Waals surface area (Å²) in [5, 5.41) is 0. The summed E-state index contributed by atoms with van der Waals surface area (Å²) < 4.78 is 24.4. The molecule has 0 aliphatic carbocycles. The molecule has 1 aromatic carbocycles. The minimum absolute atomic E-state index is 0.226. The van der Waals surface area contributed by atoms with Crippen molar-refractivity contribution < 1.29 is 8.78 Å². The van der Waals surface area contributed by atoms with Crippen molar-refractivity contribution >= 4 is 17.2 Å². The van der Waals surface area contributed by atoms with Gasteiger partial charge < -0.3 is 5.73 Å². The Morgan fingerprint density at radius 3 is 2.59 bits per heavy atom. The van der Waals surface area contributed by atoms with Crippen LogP contribution in [0.5, 0.6) is 0 Å². The van der Waals surface area contributed by atoms with Crippen LogP contribution in [0.1, 0.15) is 16.7 Å². The van der Waals surface area contributed by atoms with Crippen LogP contribution in [-0.4, -0.2) is 29.9 Å². The van der Waals surface area contributed by atoms with Gasteiger partial charge in [-0.3, -0.25) is 4.90 Å². The van der Waals surface area contributed by atoms with E-state index in [2.05, 4.69) is 0 Å². The number of hydrogen-bond donors (Lipinski definition) is 1. The fraction of sp³-hybridized carbons (Fsp3) is 0.417. The van der Waals surface area contributed by atoms with E-state index in [1.165, 1.54) is 0 Å². The average molecular weight is 258 g/mol. The predicted octanol–water partition coefficient (Wildman–Crippen LogP) is 2.33. The molecule has 94 valence electrons. The molecule has 0 saturated carbocycles. The number of rotatable bonds is 5. The summed E-state index contributed by atoms with van der Waals surface area (Å²) in [7, 11) is 1.67. The minimum atomic E-state index is -2.31. The van der Waals surface area contributed by atoms with Gasteiger partial charge in [-0.2, -0.15) is 0 Å². The smallest absolute Gasteiger partial charge is 0.251 e. The normalized spacial score (nSPS) is 11.2. The van der Waals surface area contributed by atoms with Crippen molar-refractivity contribution in [2.24, 2.45) is 5.73 Å². The van der Waals surface area contributed by atoms with Crippen molar-refractivity contribution in [3.8, 4) is 0 Å². The molecule has 0 saturated heterocycles. The Bertz CT molecular complexity index is 407. The van der Waals surface area contributed by atoms with Crippen molar-refractivity contribution in [2.45, 2.75) is 19.9 Å². The number of benzene rings is 1. The summed E-state index contributed by atoms with van der Waals surface area (Å²) in [6.45, 7) is 2.19. The molecule has 1 rings (SSSR count). The Hall–Kier alpha value is -1.07. The van der Waals surface area contributed by atoms with Gasteiger partial charge in [0, 0.05) is 12.1 Å². The van der Waals surface area contributed by atoms with Crippen LogP contribution in [0.2, 0.25) is 0 Å². The molecule has 0 amide bonds. The Morgan fingerprint density at radius 1 is 1.47 bits per heavy atom. The van der Waals surface area contributed by atoms with Crippen LogP contribution < -0.4 is 5.73 Å². The number of hydrogen-bond acceptors (Lipinski definition) is 2. The number of nitrogens with zero attached hydrogens (tertiary/aromatic N) is 1. The van der Waals surface area contributed by atoms with Crippen LogP contribution in [-0.2, 0) is 6.54 Å². The van der Waals surface area contributed by atoms with Crippen LogP contribution >= 0.6 is 12.2 Å². The fourth-order valence-corrected chi connectivity index (χ4v) is 1.74. The molecule has 0 fully saturated rings. The lowest BCUT2D eigenvalue weighted by Crippen LogP contribution is -2.24. The summed E-state index contributed by atoms with van der Waals surface area (Å²) in [4.78, 5) is 1.94. The number of alkyl halides is 2. The highest BCUT2D eigenvalue weighted by Gasteiger charge is 2.09. The summed E-state index contributed by atoms with van der Waals surface area (Å²) in [6.07, 6.45) is -2.31. The molecule has 0 aromatic heterocycles. The lowest BCUT2D eigenvalue weighted by atomic mass is 10.0. The van der Waals surface area contributed by atoms with Gasteiger partial charge in [0.05, 0.1) is 6.54 Å². The molecule has 0 atom stereocenters. The number of thiocarbonyl (C=S) groups is 1. The van der Waals surface area contributed by atoms with Gasteiger partial charge in [0.15, 0.2) is 0 Å². The topological polar surface area (TPSA) is 29.3 Å². The number of nitrogens with two attached hydrogens (primary N) is 1. The molecular weight excluding hydrogens is 242 g/mol. The quantitative estimate of drug-likeness (QED) is 0.822. The van der Waals surface area contributed by atoms with Gasteiger partial charge in [-0.15, -0.1) is 0 Å². The highest BCUT2D eigenvalue weighted by Crippen LogP contribution is 2.13. The fourth-order valence-electron chi connectivity index (χ4n) is 1.62. The van der Waals surface area contributed by atoms with Gasteiger partial charge >= 0.3 is 0 Å². The molecule has 1 aromatic rings. The van der Waals surface area contributed by atoms with Gasteiger partial charge in [-0.25, -0.2) is 8.78 Å². The Kier molecular flexibility index (Phi) is 4.96. The zero-order valence-corrected chi connectivity index (χ0v) is 10.7. The van der Waals surface area contributed by atoms with Gasteiger partial charge in [-0.1, -0.05) is 24.4 Å². The first-order valence-corrected chi connectivity index (χ1v) is 5.67. The standard InChI is InChI=1S/C12H16F2N2S/c1-8-5-9(12(15)17)3-4-10(8)6-16(2)7-11(13)14/h3-5,11H,6-7H2,1-2H3,(H2,15,17). The number of aryl methyl sites for hydroxylation is 1. The van der Waals surface area contributed by atoms with E-state index in [0.717, 1.165) is 16.7 Å². The third-order valence-electron chi connectivity index (χ3n) is 2.52. The monoisotopic (exact) mass is 258 g/mol. The van der Waals surface area contributed by atoms with Crippen LogP contribution in [0, 0.1) is 6.92 Å². The number of halogens is 2. The van der Waals surface area contributed by atoms with Crippen molar-refractivity contribution in [3.05, 3.63) is 34.9 Å². The second kappa shape index (κ2) is 6.02. The third kappa shape index (κ3) is 4.36. The Morgan fingerprint density at radius 2 is 2.12 bits per heavy atom. The van der Waals surface area contributed by atoms with E-state index in [0.29, 0.717) is 11.5 Å². The minimum Gasteiger partial charge on any atom is -0.389 e. The second-order valence-corrected chi connectivity index (χ2v) is 4.53. The molecule has 0 spiro atoms. The highest BCUT2D eigenvalue weighted by molar-refractivity contribution is 7.80. The average Bonchev–Trinajstić information content (AvgIpc) is 2.19.